The lowest BCUT2D eigenvalue weighted by Crippen LogP contribution is -1.75. The molecule has 0 aliphatic rings. The number of carbonyl (C=O) groups is 1. The number of hydrogen-bond acceptors (Lipinski definition) is 2. The van der Waals surface area contributed by atoms with E-state index in [1.54, 1.807) is 11.3 Å². The zero-order valence-electron chi connectivity index (χ0n) is 6.18. The highest BCUT2D eigenvalue weighted by Gasteiger charge is 2.00. The molecule has 1 rings (SSSR count). The zero-order chi connectivity index (χ0) is 7.56. The molecule has 1 aromatic rings. The van der Waals surface area contributed by atoms with E-state index in [4.69, 9.17) is 0 Å². The fourth-order valence-electron chi connectivity index (χ4n) is 0.954. The van der Waals surface area contributed by atoms with E-state index in [0.717, 1.165) is 17.6 Å². The van der Waals surface area contributed by atoms with Gasteiger partial charge in [0.25, 0.3) is 0 Å². The molecular formula is C8H10OS. The van der Waals surface area contributed by atoms with Crippen molar-refractivity contribution in [2.24, 2.45) is 0 Å². The first-order chi connectivity index (χ1) is 4.77. The molecule has 0 spiro atoms. The van der Waals surface area contributed by atoms with Gasteiger partial charge in [0.05, 0.1) is 4.88 Å². The molecule has 2 heteroatoms. The van der Waals surface area contributed by atoms with Crippen LogP contribution in [0.4, 0.5) is 0 Å². The van der Waals surface area contributed by atoms with Gasteiger partial charge in [0.2, 0.25) is 0 Å². The monoisotopic (exact) mass is 154 g/mol. The van der Waals surface area contributed by atoms with Crippen molar-refractivity contribution in [1.82, 2.24) is 0 Å². The summed E-state index contributed by atoms with van der Waals surface area (Å²) in [5, 5.41) is 0. The Morgan fingerprint density at radius 2 is 2.40 bits per heavy atom. The van der Waals surface area contributed by atoms with Gasteiger partial charge in [0, 0.05) is 4.88 Å². The van der Waals surface area contributed by atoms with Gasteiger partial charge in [-0.3, -0.25) is 4.79 Å². The highest BCUT2D eigenvalue weighted by Crippen LogP contribution is 2.19. The van der Waals surface area contributed by atoms with Crippen LogP contribution < -0.4 is 0 Å². The number of carbonyl (C=O) groups excluding carboxylic acids is 1. The first-order valence-corrected chi connectivity index (χ1v) is 4.14. The Bertz CT molecular complexity index is 237. The van der Waals surface area contributed by atoms with Gasteiger partial charge in [-0.15, -0.1) is 11.3 Å². The molecule has 0 bridgehead atoms. The minimum absolute atomic E-state index is 0.842. The van der Waals surface area contributed by atoms with Crippen LogP contribution in [-0.4, -0.2) is 6.29 Å². The van der Waals surface area contributed by atoms with Crippen molar-refractivity contribution < 1.29 is 4.79 Å². The number of hydrogen-bond donors (Lipinski definition) is 0. The zero-order valence-corrected chi connectivity index (χ0v) is 6.99. The second kappa shape index (κ2) is 2.97. The average molecular weight is 154 g/mol. The second-order valence-electron chi connectivity index (χ2n) is 2.20. The molecule has 10 heavy (non-hydrogen) atoms. The van der Waals surface area contributed by atoms with Crippen LogP contribution >= 0.6 is 11.3 Å². The molecule has 0 radical (unpaired) electrons. The lowest BCUT2D eigenvalue weighted by Gasteiger charge is -1.87. The van der Waals surface area contributed by atoms with Gasteiger partial charge < -0.3 is 0 Å². The van der Waals surface area contributed by atoms with Gasteiger partial charge in [-0.1, -0.05) is 6.92 Å². The maximum Gasteiger partial charge on any atom is 0.160 e. The van der Waals surface area contributed by atoms with Crippen molar-refractivity contribution in [2.75, 3.05) is 0 Å². The molecule has 0 aliphatic heterocycles. The minimum Gasteiger partial charge on any atom is -0.297 e. The van der Waals surface area contributed by atoms with Crippen LogP contribution in [0.3, 0.4) is 0 Å². The predicted molar refractivity (Wildman–Crippen MR) is 43.8 cm³/mol. The molecule has 0 fully saturated rings. The fourth-order valence-corrected chi connectivity index (χ4v) is 1.89. The van der Waals surface area contributed by atoms with Crippen LogP contribution in [0.5, 0.6) is 0 Å². The Morgan fingerprint density at radius 3 is 2.70 bits per heavy atom. The number of aldehydes is 1. The Labute approximate surface area is 64.7 Å². The minimum atomic E-state index is 0.842. The van der Waals surface area contributed by atoms with E-state index >= 15 is 0 Å². The van der Waals surface area contributed by atoms with Gasteiger partial charge in [-0.25, -0.2) is 0 Å². The van der Waals surface area contributed by atoms with Crippen molar-refractivity contribution in [3.63, 3.8) is 0 Å². The fraction of sp³-hybridized carbons (Fsp3) is 0.375. The molecule has 0 saturated carbocycles. The maximum atomic E-state index is 10.3. The third-order valence-electron chi connectivity index (χ3n) is 1.54. The topological polar surface area (TPSA) is 17.1 Å². The molecule has 0 aliphatic carbocycles. The normalized spacial score (nSPS) is 9.80. The molecule has 1 aromatic heterocycles. The first kappa shape index (κ1) is 7.48. The highest BCUT2D eigenvalue weighted by atomic mass is 32.1. The van der Waals surface area contributed by atoms with Crippen LogP contribution in [0.2, 0.25) is 0 Å². The van der Waals surface area contributed by atoms with Crippen LogP contribution in [0.25, 0.3) is 0 Å². The quantitative estimate of drug-likeness (QED) is 0.598. The van der Waals surface area contributed by atoms with Crippen molar-refractivity contribution >= 4 is 17.6 Å². The van der Waals surface area contributed by atoms with E-state index in [9.17, 15) is 4.79 Å². The summed E-state index contributed by atoms with van der Waals surface area (Å²) < 4.78 is 0. The molecule has 0 saturated heterocycles. The SMILES string of the molecule is CCc1cc(C=O)sc1C. The van der Waals surface area contributed by atoms with Gasteiger partial charge in [-0.2, -0.15) is 0 Å². The van der Waals surface area contributed by atoms with Gasteiger partial charge in [0.1, 0.15) is 0 Å². The Kier molecular flexibility index (Phi) is 2.22. The highest BCUT2D eigenvalue weighted by molar-refractivity contribution is 7.13. The van der Waals surface area contributed by atoms with Crippen molar-refractivity contribution in [2.45, 2.75) is 20.3 Å². The van der Waals surface area contributed by atoms with Crippen LogP contribution in [0, 0.1) is 6.92 Å². The molecule has 1 nitrogen and oxygen atoms in total. The third-order valence-corrected chi connectivity index (χ3v) is 2.55. The smallest absolute Gasteiger partial charge is 0.160 e. The van der Waals surface area contributed by atoms with Crippen LogP contribution in [0.1, 0.15) is 27.0 Å². The van der Waals surface area contributed by atoms with Crippen molar-refractivity contribution in [1.29, 1.82) is 0 Å². The van der Waals surface area contributed by atoms with Crippen molar-refractivity contribution in [3.05, 3.63) is 21.4 Å². The van der Waals surface area contributed by atoms with Crippen molar-refractivity contribution in [3.8, 4) is 0 Å². The Hall–Kier alpha value is -0.630. The van der Waals surface area contributed by atoms with E-state index < -0.39 is 0 Å². The van der Waals surface area contributed by atoms with E-state index in [1.807, 2.05) is 6.07 Å². The van der Waals surface area contributed by atoms with Crippen LogP contribution in [0.15, 0.2) is 6.07 Å². The van der Waals surface area contributed by atoms with E-state index in [-0.39, 0.29) is 0 Å². The summed E-state index contributed by atoms with van der Waals surface area (Å²) >= 11 is 1.57. The lowest BCUT2D eigenvalue weighted by atomic mass is 10.2. The molecule has 0 atom stereocenters. The van der Waals surface area contributed by atoms with Gasteiger partial charge in [0.15, 0.2) is 6.29 Å². The number of thiophene rings is 1. The van der Waals surface area contributed by atoms with Crippen LogP contribution in [-0.2, 0) is 6.42 Å². The van der Waals surface area contributed by atoms with E-state index in [2.05, 4.69) is 13.8 Å². The third kappa shape index (κ3) is 1.27. The number of rotatable bonds is 2. The molecule has 0 aromatic carbocycles. The Morgan fingerprint density at radius 1 is 1.70 bits per heavy atom. The second-order valence-corrected chi connectivity index (χ2v) is 3.49. The molecule has 1 heterocycles. The lowest BCUT2D eigenvalue weighted by molar-refractivity contribution is 0.112. The number of aryl methyl sites for hydroxylation is 2. The predicted octanol–water partition coefficient (Wildman–Crippen LogP) is 2.43. The molecular weight excluding hydrogens is 144 g/mol. The van der Waals surface area contributed by atoms with Gasteiger partial charge in [-0.05, 0) is 25.0 Å². The maximum absolute atomic E-state index is 10.3. The average Bonchev–Trinajstić information content (AvgIpc) is 2.30. The summed E-state index contributed by atoms with van der Waals surface area (Å²) in [6, 6.07) is 1.97. The first-order valence-electron chi connectivity index (χ1n) is 3.32. The summed E-state index contributed by atoms with van der Waals surface area (Å²) in [6.45, 7) is 4.15. The summed E-state index contributed by atoms with van der Waals surface area (Å²) in [6.07, 6.45) is 1.94. The molecule has 54 valence electrons. The standard InChI is InChI=1S/C8H10OS/c1-3-7-4-8(5-9)10-6(7)2/h4-5H,3H2,1-2H3. The summed E-state index contributed by atoms with van der Waals surface area (Å²) in [5.74, 6) is 0. The summed E-state index contributed by atoms with van der Waals surface area (Å²) in [5.41, 5.74) is 1.30. The Balaban J connectivity index is 3.03. The molecule has 0 unspecified atom stereocenters. The largest absolute Gasteiger partial charge is 0.297 e. The van der Waals surface area contributed by atoms with E-state index in [0.29, 0.717) is 0 Å². The molecule has 0 amide bonds. The summed E-state index contributed by atoms with van der Waals surface area (Å²) in [7, 11) is 0. The van der Waals surface area contributed by atoms with Gasteiger partial charge >= 0.3 is 0 Å². The summed E-state index contributed by atoms with van der Waals surface area (Å²) in [4.78, 5) is 12.4. The molecule has 0 N–H and O–H groups in total. The van der Waals surface area contributed by atoms with E-state index in [1.165, 1.54) is 10.4 Å².